The van der Waals surface area contributed by atoms with Crippen LogP contribution in [0.3, 0.4) is 0 Å². The lowest BCUT2D eigenvalue weighted by Gasteiger charge is -2.06. The number of nitro groups is 1. The van der Waals surface area contributed by atoms with Crippen LogP contribution in [0, 0.1) is 10.1 Å². The van der Waals surface area contributed by atoms with Gasteiger partial charge in [-0.2, -0.15) is 0 Å². The standard InChI is InChI=1S/C9H10ClN3O5/c10-6-1-2-7(13(15)16)8(5-6)17-4-3-9(14)18-12-11/h1-2,5,12H,3-4,11H2. The summed E-state index contributed by atoms with van der Waals surface area (Å²) in [6.07, 6.45) is -0.117. The fourth-order valence-electron chi connectivity index (χ4n) is 1.12. The molecule has 0 saturated heterocycles. The van der Waals surface area contributed by atoms with Crippen molar-refractivity contribution in [2.45, 2.75) is 6.42 Å². The van der Waals surface area contributed by atoms with E-state index in [4.69, 9.17) is 22.2 Å². The number of carbonyl (C=O) groups excluding carboxylic acids is 1. The van der Waals surface area contributed by atoms with Gasteiger partial charge in [0.1, 0.15) is 0 Å². The van der Waals surface area contributed by atoms with Crippen molar-refractivity contribution >= 4 is 23.3 Å². The Labute approximate surface area is 107 Å². The largest absolute Gasteiger partial charge is 0.486 e. The zero-order valence-corrected chi connectivity index (χ0v) is 9.85. The minimum Gasteiger partial charge on any atom is -0.486 e. The molecule has 8 nitrogen and oxygen atoms in total. The van der Waals surface area contributed by atoms with Gasteiger partial charge in [-0.25, -0.2) is 5.84 Å². The van der Waals surface area contributed by atoms with Gasteiger partial charge < -0.3 is 9.57 Å². The van der Waals surface area contributed by atoms with Gasteiger partial charge in [0, 0.05) is 17.2 Å². The minimum absolute atomic E-state index is 0.0130. The smallest absolute Gasteiger partial charge is 0.329 e. The number of nitrogens with one attached hydrogen (secondary N) is 1. The fourth-order valence-corrected chi connectivity index (χ4v) is 1.28. The highest BCUT2D eigenvalue weighted by Gasteiger charge is 2.15. The molecular formula is C9H10ClN3O5. The Balaban J connectivity index is 2.63. The van der Waals surface area contributed by atoms with Gasteiger partial charge in [0.15, 0.2) is 5.75 Å². The van der Waals surface area contributed by atoms with Crippen molar-refractivity contribution in [2.24, 2.45) is 5.84 Å². The second kappa shape index (κ2) is 6.74. The number of hydrogen-bond acceptors (Lipinski definition) is 7. The SMILES string of the molecule is NNOC(=O)CCOc1cc(Cl)ccc1[N+](=O)[O-]. The highest BCUT2D eigenvalue weighted by Crippen LogP contribution is 2.29. The molecule has 0 aliphatic heterocycles. The summed E-state index contributed by atoms with van der Waals surface area (Å²) in [7, 11) is 0. The lowest BCUT2D eigenvalue weighted by Crippen LogP contribution is -2.27. The van der Waals surface area contributed by atoms with Crippen LogP contribution in [-0.2, 0) is 9.63 Å². The van der Waals surface area contributed by atoms with Gasteiger partial charge in [0.05, 0.1) is 18.0 Å². The number of nitro benzene ring substituents is 1. The van der Waals surface area contributed by atoms with E-state index in [9.17, 15) is 14.9 Å². The van der Waals surface area contributed by atoms with E-state index in [2.05, 4.69) is 4.84 Å². The van der Waals surface area contributed by atoms with E-state index in [1.807, 2.05) is 0 Å². The number of carbonyl (C=O) groups is 1. The number of benzene rings is 1. The maximum absolute atomic E-state index is 10.9. The number of halogens is 1. The second-order valence-electron chi connectivity index (χ2n) is 3.06. The average Bonchev–Trinajstić information content (AvgIpc) is 2.29. The van der Waals surface area contributed by atoms with Crippen LogP contribution in [-0.4, -0.2) is 17.5 Å². The van der Waals surface area contributed by atoms with Crippen LogP contribution in [0.2, 0.25) is 5.02 Å². The third-order valence-electron chi connectivity index (χ3n) is 1.86. The molecule has 0 fully saturated rings. The van der Waals surface area contributed by atoms with E-state index in [0.717, 1.165) is 0 Å². The van der Waals surface area contributed by atoms with E-state index in [-0.39, 0.29) is 24.5 Å². The molecule has 98 valence electrons. The molecular weight excluding hydrogens is 266 g/mol. The van der Waals surface area contributed by atoms with Crippen molar-refractivity contribution in [1.29, 1.82) is 0 Å². The summed E-state index contributed by atoms with van der Waals surface area (Å²) in [4.78, 5) is 25.2. The molecule has 0 saturated carbocycles. The zero-order chi connectivity index (χ0) is 13.5. The Bertz CT molecular complexity index is 454. The quantitative estimate of drug-likeness (QED) is 0.451. The summed E-state index contributed by atoms with van der Waals surface area (Å²) in [5.41, 5.74) is 1.49. The Morgan fingerprint density at radius 3 is 2.89 bits per heavy atom. The van der Waals surface area contributed by atoms with E-state index in [1.54, 1.807) is 5.59 Å². The first-order chi connectivity index (χ1) is 8.54. The van der Waals surface area contributed by atoms with E-state index in [1.165, 1.54) is 18.2 Å². The topological polar surface area (TPSA) is 117 Å². The normalized spacial score (nSPS) is 9.89. The van der Waals surface area contributed by atoms with Crippen molar-refractivity contribution in [1.82, 2.24) is 5.59 Å². The van der Waals surface area contributed by atoms with Gasteiger partial charge in [-0.15, -0.1) is 0 Å². The molecule has 0 aliphatic carbocycles. The Kier molecular flexibility index (Phi) is 5.31. The molecule has 3 N–H and O–H groups in total. The summed E-state index contributed by atoms with van der Waals surface area (Å²) < 4.78 is 5.10. The number of rotatable bonds is 6. The maximum atomic E-state index is 10.9. The molecule has 18 heavy (non-hydrogen) atoms. The third-order valence-corrected chi connectivity index (χ3v) is 2.09. The van der Waals surface area contributed by atoms with Crippen molar-refractivity contribution in [2.75, 3.05) is 6.61 Å². The first kappa shape index (κ1) is 14.2. The summed E-state index contributed by atoms with van der Waals surface area (Å²) >= 11 is 5.69. The number of hydrogen-bond donors (Lipinski definition) is 2. The first-order valence-electron chi connectivity index (χ1n) is 4.76. The van der Waals surface area contributed by atoms with Crippen LogP contribution in [0.1, 0.15) is 6.42 Å². The van der Waals surface area contributed by atoms with Gasteiger partial charge >= 0.3 is 11.7 Å². The van der Waals surface area contributed by atoms with E-state index < -0.39 is 10.9 Å². The fraction of sp³-hybridized carbons (Fsp3) is 0.222. The average molecular weight is 276 g/mol. The molecule has 0 bridgehead atoms. The predicted molar refractivity (Wildman–Crippen MR) is 61.6 cm³/mol. The maximum Gasteiger partial charge on any atom is 0.329 e. The van der Waals surface area contributed by atoms with E-state index >= 15 is 0 Å². The minimum atomic E-state index is -0.651. The monoisotopic (exact) mass is 275 g/mol. The van der Waals surface area contributed by atoms with Gasteiger partial charge in [-0.3, -0.25) is 14.9 Å². The molecule has 0 atom stereocenters. The van der Waals surface area contributed by atoms with Crippen molar-refractivity contribution in [3.63, 3.8) is 0 Å². The molecule has 0 amide bonds. The summed E-state index contributed by atoms with van der Waals surface area (Å²) in [5.74, 6) is 4.09. The summed E-state index contributed by atoms with van der Waals surface area (Å²) in [6, 6.07) is 3.89. The molecule has 0 aliphatic rings. The Hall–Kier alpha value is -1.90. The van der Waals surface area contributed by atoms with Gasteiger partial charge in [-0.1, -0.05) is 17.2 Å². The molecule has 0 aromatic heterocycles. The van der Waals surface area contributed by atoms with Crippen LogP contribution in [0.25, 0.3) is 0 Å². The number of ether oxygens (including phenoxy) is 1. The molecule has 0 heterocycles. The van der Waals surface area contributed by atoms with Crippen LogP contribution >= 0.6 is 11.6 Å². The molecule has 0 radical (unpaired) electrons. The van der Waals surface area contributed by atoms with Crippen molar-refractivity contribution in [3.05, 3.63) is 33.3 Å². The van der Waals surface area contributed by atoms with Crippen molar-refractivity contribution < 1.29 is 19.3 Å². The Morgan fingerprint density at radius 2 is 2.28 bits per heavy atom. The number of hydrazine groups is 1. The van der Waals surface area contributed by atoms with Gasteiger partial charge in [0.25, 0.3) is 0 Å². The van der Waals surface area contributed by atoms with E-state index in [0.29, 0.717) is 5.02 Å². The zero-order valence-electron chi connectivity index (χ0n) is 9.09. The molecule has 0 unspecified atom stereocenters. The molecule has 9 heteroatoms. The van der Waals surface area contributed by atoms with Gasteiger partial charge in [-0.05, 0) is 6.07 Å². The first-order valence-corrected chi connectivity index (χ1v) is 5.14. The lowest BCUT2D eigenvalue weighted by atomic mass is 10.3. The van der Waals surface area contributed by atoms with Crippen LogP contribution < -0.4 is 16.2 Å². The highest BCUT2D eigenvalue weighted by atomic mass is 35.5. The highest BCUT2D eigenvalue weighted by molar-refractivity contribution is 6.30. The van der Waals surface area contributed by atoms with Crippen LogP contribution in [0.5, 0.6) is 5.75 Å². The van der Waals surface area contributed by atoms with Gasteiger partial charge in [0.2, 0.25) is 0 Å². The second-order valence-corrected chi connectivity index (χ2v) is 3.50. The molecule has 1 aromatic carbocycles. The Morgan fingerprint density at radius 1 is 1.56 bits per heavy atom. The predicted octanol–water partition coefficient (Wildman–Crippen LogP) is 0.939. The third kappa shape index (κ3) is 4.17. The molecule has 0 spiro atoms. The molecule has 1 rings (SSSR count). The van der Waals surface area contributed by atoms with Crippen LogP contribution in [0.4, 0.5) is 5.69 Å². The number of nitrogens with zero attached hydrogens (tertiary/aromatic N) is 1. The number of nitrogens with two attached hydrogens (primary N) is 1. The summed E-state index contributed by atoms with van der Waals surface area (Å²) in [5, 5.41) is 11.0. The molecule has 1 aromatic rings. The summed E-state index contributed by atoms with van der Waals surface area (Å²) in [6.45, 7) is -0.0955. The lowest BCUT2D eigenvalue weighted by molar-refractivity contribution is -0.385. The van der Waals surface area contributed by atoms with Crippen LogP contribution in [0.15, 0.2) is 18.2 Å². The van der Waals surface area contributed by atoms with Crippen molar-refractivity contribution in [3.8, 4) is 5.75 Å².